The minimum Gasteiger partial charge on any atom is -0.463 e. The van der Waals surface area contributed by atoms with Gasteiger partial charge in [-0.25, -0.2) is 23.0 Å². The normalized spacial score (nSPS) is 33.7. The quantitative estimate of drug-likeness (QED) is 0.182. The highest BCUT2D eigenvalue weighted by molar-refractivity contribution is 7.66. The zero-order chi connectivity index (χ0) is 24.1. The van der Waals surface area contributed by atoms with E-state index >= 15 is 0 Å². The molecule has 0 amide bonds. The molecule has 7 atom stereocenters. The van der Waals surface area contributed by atoms with E-state index in [1.54, 1.807) is 0 Å². The highest BCUT2D eigenvalue weighted by Gasteiger charge is 2.61. The summed E-state index contributed by atoms with van der Waals surface area (Å²) < 4.78 is 57.2. The minimum absolute atomic E-state index is 0.148. The van der Waals surface area contributed by atoms with E-state index in [0.29, 0.717) is 0 Å². The predicted octanol–water partition coefficient (Wildman–Crippen LogP) is -1.97. The third-order valence-corrected chi connectivity index (χ3v) is 7.83. The number of nitrogen functional groups attached to an aromatic ring is 1. The molecule has 0 saturated carbocycles. The Hall–Kier alpha value is -1.49. The number of hydrogen-bond donors (Lipinski definition) is 7. The number of aliphatic hydroxyl groups excluding tert-OH is 2. The first-order valence-electron chi connectivity index (χ1n) is 8.11. The second kappa shape index (κ2) is 8.38. The van der Waals surface area contributed by atoms with E-state index in [2.05, 4.69) is 18.1 Å². The molecule has 0 aliphatic carbocycles. The van der Waals surface area contributed by atoms with Crippen LogP contribution in [0.1, 0.15) is 6.23 Å². The van der Waals surface area contributed by atoms with E-state index < -0.39 is 59.5 Å². The van der Waals surface area contributed by atoms with Crippen molar-refractivity contribution in [3.05, 3.63) is 35.1 Å². The molecular formula is C11H16N3O15P3. The van der Waals surface area contributed by atoms with Crippen molar-refractivity contribution in [2.24, 2.45) is 0 Å². The van der Waals surface area contributed by atoms with Crippen LogP contribution in [0.5, 0.6) is 0 Å². The van der Waals surface area contributed by atoms with Crippen molar-refractivity contribution in [2.45, 2.75) is 30.3 Å². The molecule has 1 saturated heterocycles. The Bertz CT molecular complexity index is 1120. The summed E-state index contributed by atoms with van der Waals surface area (Å²) in [5.41, 5.74) is 4.39. The Morgan fingerprint density at radius 3 is 2.22 bits per heavy atom. The van der Waals surface area contributed by atoms with Gasteiger partial charge < -0.3 is 45.0 Å². The molecule has 3 heterocycles. The lowest BCUT2D eigenvalue weighted by Crippen LogP contribution is -2.53. The second-order valence-electron chi connectivity index (χ2n) is 6.29. The maximum absolute atomic E-state index is 12.2. The third-order valence-electron chi connectivity index (χ3n) is 3.99. The Kier molecular flexibility index (Phi) is 6.58. The van der Waals surface area contributed by atoms with Gasteiger partial charge in [0.25, 0.3) is 5.79 Å². The van der Waals surface area contributed by atoms with Gasteiger partial charge in [0.15, 0.2) is 12.3 Å². The summed E-state index contributed by atoms with van der Waals surface area (Å²) in [5.74, 6) is -2.66. The number of phosphoric acid groups is 3. The zero-order valence-electron chi connectivity index (χ0n) is 15.3. The van der Waals surface area contributed by atoms with Gasteiger partial charge >= 0.3 is 29.2 Å². The van der Waals surface area contributed by atoms with Crippen molar-refractivity contribution in [3.8, 4) is 0 Å². The lowest BCUT2D eigenvalue weighted by atomic mass is 10.0. The van der Waals surface area contributed by atoms with E-state index in [0.717, 1.165) is 23.1 Å². The molecule has 8 N–H and O–H groups in total. The number of phosphoric ester groups is 1. The fraction of sp³-hybridized carbons (Fsp3) is 0.455. The van der Waals surface area contributed by atoms with Crippen LogP contribution in [0.15, 0.2) is 29.4 Å². The summed E-state index contributed by atoms with van der Waals surface area (Å²) in [6, 6.07) is 1.18. The standard InChI is InChI=1S/C11H16N3O15P3/c12-5-1-3-14(10(17)13-5)9-7(16)6(15)8(26-9)11(2-4-25-11)27-31(21,22)29-32(23,24)28-30(18,19)20/h1-4,6-9,15-16H,(H,21,22)(H,23,24)(H2,12,13,17)(H2,18,19,20)/t6-,7+,8-,9+,11?/m0/s1. The fourth-order valence-electron chi connectivity index (χ4n) is 2.79. The molecule has 0 radical (unpaired) electrons. The van der Waals surface area contributed by atoms with Crippen molar-refractivity contribution in [1.82, 2.24) is 9.55 Å². The molecule has 21 heteroatoms. The smallest absolute Gasteiger partial charge is 0.463 e. The van der Waals surface area contributed by atoms with Crippen LogP contribution < -0.4 is 11.4 Å². The van der Waals surface area contributed by atoms with Crippen LogP contribution in [0.3, 0.4) is 0 Å². The van der Waals surface area contributed by atoms with Crippen LogP contribution in [-0.2, 0) is 36.3 Å². The minimum atomic E-state index is -5.84. The molecule has 0 spiro atoms. The first-order chi connectivity index (χ1) is 14.5. The maximum Gasteiger partial charge on any atom is 0.490 e. The van der Waals surface area contributed by atoms with Crippen LogP contribution in [-0.4, -0.2) is 63.4 Å². The molecular weight excluding hydrogens is 507 g/mol. The molecule has 2 aliphatic heterocycles. The lowest BCUT2D eigenvalue weighted by molar-refractivity contribution is -0.237. The van der Waals surface area contributed by atoms with Crippen LogP contribution in [0.25, 0.3) is 0 Å². The number of aliphatic hydroxyl groups is 2. The summed E-state index contributed by atoms with van der Waals surface area (Å²) in [4.78, 5) is 51.6. The van der Waals surface area contributed by atoms with Crippen molar-refractivity contribution in [3.63, 3.8) is 0 Å². The van der Waals surface area contributed by atoms with E-state index in [-0.39, 0.29) is 5.82 Å². The van der Waals surface area contributed by atoms with Gasteiger partial charge in [0.05, 0.1) is 6.26 Å². The topological polar surface area (TPSA) is 280 Å². The van der Waals surface area contributed by atoms with E-state index in [9.17, 15) is 38.5 Å². The molecule has 2 aliphatic rings. The summed E-state index contributed by atoms with van der Waals surface area (Å²) in [5, 5.41) is 20.6. The van der Waals surface area contributed by atoms with Crippen molar-refractivity contribution in [1.29, 1.82) is 0 Å². The second-order valence-corrected chi connectivity index (χ2v) is 10.6. The van der Waals surface area contributed by atoms with Crippen LogP contribution in [0.4, 0.5) is 5.82 Å². The third kappa shape index (κ3) is 5.35. The van der Waals surface area contributed by atoms with Crippen LogP contribution in [0, 0.1) is 0 Å². The van der Waals surface area contributed by atoms with Crippen molar-refractivity contribution >= 4 is 29.3 Å². The van der Waals surface area contributed by atoms with Gasteiger partial charge in [-0.3, -0.25) is 4.57 Å². The number of hydrogen-bond acceptors (Lipinski definition) is 13. The average molecular weight is 523 g/mol. The largest absolute Gasteiger partial charge is 0.490 e. The van der Waals surface area contributed by atoms with Gasteiger partial charge in [-0.2, -0.15) is 13.6 Å². The molecule has 1 fully saturated rings. The van der Waals surface area contributed by atoms with Gasteiger partial charge in [-0.15, -0.1) is 0 Å². The van der Waals surface area contributed by atoms with E-state index in [4.69, 9.17) is 25.0 Å². The number of nitrogens with zero attached hydrogens (tertiary/aromatic N) is 2. The van der Waals surface area contributed by atoms with Gasteiger partial charge in [0, 0.05) is 12.3 Å². The molecule has 1 aromatic rings. The monoisotopic (exact) mass is 523 g/mol. The zero-order valence-corrected chi connectivity index (χ0v) is 18.0. The van der Waals surface area contributed by atoms with Gasteiger partial charge in [-0.1, -0.05) is 0 Å². The van der Waals surface area contributed by atoms with Gasteiger partial charge in [0.2, 0.25) is 0 Å². The highest BCUT2D eigenvalue weighted by atomic mass is 31.3. The fourth-order valence-corrected chi connectivity index (χ4v) is 5.99. The van der Waals surface area contributed by atoms with Crippen LogP contribution >= 0.6 is 23.5 Å². The molecule has 0 aromatic carbocycles. The lowest BCUT2D eigenvalue weighted by Gasteiger charge is -2.40. The number of anilines is 1. The average Bonchev–Trinajstić information content (AvgIpc) is 2.84. The van der Waals surface area contributed by atoms with E-state index in [1.807, 2.05) is 0 Å². The first kappa shape index (κ1) is 25.1. The summed E-state index contributed by atoms with van der Waals surface area (Å²) >= 11 is 0. The number of nitrogens with two attached hydrogens (primary N) is 1. The van der Waals surface area contributed by atoms with Gasteiger partial charge in [0.1, 0.15) is 18.0 Å². The molecule has 180 valence electrons. The van der Waals surface area contributed by atoms with E-state index in [1.165, 1.54) is 6.07 Å². The molecule has 18 nitrogen and oxygen atoms in total. The van der Waals surface area contributed by atoms with Crippen molar-refractivity contribution < 1.29 is 66.1 Å². The summed E-state index contributed by atoms with van der Waals surface area (Å²) in [7, 11) is -17.2. The number of aromatic nitrogens is 2. The predicted molar refractivity (Wildman–Crippen MR) is 96.7 cm³/mol. The Morgan fingerprint density at radius 1 is 1.09 bits per heavy atom. The highest BCUT2D eigenvalue weighted by Crippen LogP contribution is 2.68. The molecule has 1 aromatic heterocycles. The summed E-state index contributed by atoms with van der Waals surface area (Å²) in [6.45, 7) is 0. The summed E-state index contributed by atoms with van der Waals surface area (Å²) in [6.07, 6.45) is -4.34. The Morgan fingerprint density at radius 2 is 1.72 bits per heavy atom. The number of rotatable bonds is 8. The first-order valence-corrected chi connectivity index (χ1v) is 12.6. The number of ether oxygens (including phenoxy) is 2. The SMILES string of the molecule is Nc1ccn([C@@H]2O[C@H](C3(OP(=O)(O)OP(=O)(O)OP(=O)(O)O)C=CO3)[C@@H](O)[C@H]2O)c(=O)n1. The van der Waals surface area contributed by atoms with Crippen molar-refractivity contribution in [2.75, 3.05) is 5.73 Å². The maximum atomic E-state index is 12.2. The molecule has 3 unspecified atom stereocenters. The molecule has 32 heavy (non-hydrogen) atoms. The Balaban J connectivity index is 1.83. The van der Waals surface area contributed by atoms with Crippen LogP contribution in [0.2, 0.25) is 0 Å². The molecule has 3 rings (SSSR count). The Labute approximate surface area is 176 Å². The molecule has 0 bridgehead atoms. The van der Waals surface area contributed by atoms with Gasteiger partial charge in [-0.05, 0) is 6.07 Å².